The molecule has 1 atom stereocenters. The van der Waals surface area contributed by atoms with Crippen LogP contribution in [0.3, 0.4) is 0 Å². The molecule has 0 amide bonds. The number of aliphatic hydroxyl groups excluding tert-OH is 1. The third kappa shape index (κ3) is 3.34. The van der Waals surface area contributed by atoms with Gasteiger partial charge in [-0.25, -0.2) is 0 Å². The van der Waals surface area contributed by atoms with Crippen molar-refractivity contribution in [1.29, 1.82) is 0 Å². The predicted molar refractivity (Wildman–Crippen MR) is 72.8 cm³/mol. The monoisotopic (exact) mass is 264 g/mol. The zero-order chi connectivity index (χ0) is 13.1. The number of benzene rings is 1. The largest absolute Gasteiger partial charge is 0.392 e. The quantitative estimate of drug-likeness (QED) is 0.922. The van der Waals surface area contributed by atoms with Gasteiger partial charge in [0, 0.05) is 24.2 Å². The van der Waals surface area contributed by atoms with Crippen molar-refractivity contribution in [3.63, 3.8) is 0 Å². The third-order valence-corrected chi connectivity index (χ3v) is 3.14. The van der Waals surface area contributed by atoms with Gasteiger partial charge in [-0.05, 0) is 37.1 Å². The van der Waals surface area contributed by atoms with Crippen LogP contribution < -0.4 is 0 Å². The van der Waals surface area contributed by atoms with Gasteiger partial charge in [0.1, 0.15) is 0 Å². The van der Waals surface area contributed by atoms with Gasteiger partial charge in [0.25, 0.3) is 0 Å². The SMILES string of the molecule is Cc1cc(CC(O)Cc2cccc(Cl)c2)n(C)n1. The van der Waals surface area contributed by atoms with E-state index in [9.17, 15) is 5.11 Å². The Morgan fingerprint density at radius 1 is 1.33 bits per heavy atom. The van der Waals surface area contributed by atoms with E-state index < -0.39 is 6.10 Å². The van der Waals surface area contributed by atoms with Crippen LogP contribution in [-0.4, -0.2) is 21.0 Å². The predicted octanol–water partition coefficient (Wildman–Crippen LogP) is 2.53. The minimum atomic E-state index is -0.418. The van der Waals surface area contributed by atoms with Crippen molar-refractivity contribution in [2.75, 3.05) is 0 Å². The number of hydrogen-bond acceptors (Lipinski definition) is 2. The van der Waals surface area contributed by atoms with Crippen LogP contribution in [-0.2, 0) is 19.9 Å². The molecule has 0 aliphatic carbocycles. The van der Waals surface area contributed by atoms with Gasteiger partial charge in [-0.2, -0.15) is 5.10 Å². The topological polar surface area (TPSA) is 38.0 Å². The summed E-state index contributed by atoms with van der Waals surface area (Å²) < 4.78 is 1.82. The van der Waals surface area contributed by atoms with Gasteiger partial charge in [-0.15, -0.1) is 0 Å². The molecule has 3 nitrogen and oxygen atoms in total. The molecule has 1 aromatic heterocycles. The van der Waals surface area contributed by atoms with Gasteiger partial charge in [0.2, 0.25) is 0 Å². The molecule has 0 aliphatic heterocycles. The Morgan fingerprint density at radius 3 is 2.72 bits per heavy atom. The maximum Gasteiger partial charge on any atom is 0.0635 e. The molecule has 1 aromatic carbocycles. The average molecular weight is 265 g/mol. The van der Waals surface area contributed by atoms with Crippen molar-refractivity contribution in [3.8, 4) is 0 Å². The molecule has 0 saturated heterocycles. The highest BCUT2D eigenvalue weighted by Gasteiger charge is 2.10. The molecule has 18 heavy (non-hydrogen) atoms. The second-order valence-corrected chi connectivity index (χ2v) is 5.03. The standard InChI is InChI=1S/C14H17ClN2O/c1-10-6-13(17(2)16-10)9-14(18)8-11-4-3-5-12(15)7-11/h3-7,14,18H,8-9H2,1-2H3. The molecule has 0 bridgehead atoms. The Bertz CT molecular complexity index is 536. The minimum Gasteiger partial charge on any atom is -0.392 e. The molecular formula is C14H17ClN2O. The van der Waals surface area contributed by atoms with Crippen LogP contribution in [0.1, 0.15) is 17.0 Å². The van der Waals surface area contributed by atoms with Crippen LogP contribution in [0.15, 0.2) is 30.3 Å². The van der Waals surface area contributed by atoms with Gasteiger partial charge in [0.15, 0.2) is 0 Å². The lowest BCUT2D eigenvalue weighted by Gasteiger charge is -2.11. The fraction of sp³-hybridized carbons (Fsp3) is 0.357. The molecule has 2 rings (SSSR count). The van der Waals surface area contributed by atoms with Crippen LogP contribution in [0.5, 0.6) is 0 Å². The normalized spacial score (nSPS) is 12.7. The maximum absolute atomic E-state index is 10.1. The molecule has 0 radical (unpaired) electrons. The fourth-order valence-corrected chi connectivity index (χ4v) is 2.32. The summed E-state index contributed by atoms with van der Waals surface area (Å²) in [5.74, 6) is 0. The van der Waals surface area contributed by atoms with Crippen LogP contribution in [0, 0.1) is 6.92 Å². The first-order valence-electron chi connectivity index (χ1n) is 5.96. The van der Waals surface area contributed by atoms with E-state index in [1.807, 2.05) is 49.0 Å². The van der Waals surface area contributed by atoms with E-state index in [0.717, 1.165) is 17.0 Å². The number of rotatable bonds is 4. The van der Waals surface area contributed by atoms with Crippen molar-refractivity contribution >= 4 is 11.6 Å². The lowest BCUT2D eigenvalue weighted by molar-refractivity contribution is 0.173. The second-order valence-electron chi connectivity index (χ2n) is 4.59. The van der Waals surface area contributed by atoms with Gasteiger partial charge in [-0.3, -0.25) is 4.68 Å². The maximum atomic E-state index is 10.1. The Morgan fingerprint density at radius 2 is 2.11 bits per heavy atom. The highest BCUT2D eigenvalue weighted by Crippen LogP contribution is 2.14. The van der Waals surface area contributed by atoms with E-state index in [0.29, 0.717) is 17.9 Å². The molecule has 1 N–H and O–H groups in total. The summed E-state index contributed by atoms with van der Waals surface area (Å²) in [6, 6.07) is 9.60. The van der Waals surface area contributed by atoms with Crippen molar-refractivity contribution in [1.82, 2.24) is 9.78 Å². The van der Waals surface area contributed by atoms with E-state index in [1.165, 1.54) is 0 Å². The molecule has 0 saturated carbocycles. The second kappa shape index (κ2) is 5.55. The number of nitrogens with zero attached hydrogens (tertiary/aromatic N) is 2. The molecule has 1 unspecified atom stereocenters. The fourth-order valence-electron chi connectivity index (χ4n) is 2.10. The average Bonchev–Trinajstić information content (AvgIpc) is 2.57. The van der Waals surface area contributed by atoms with Gasteiger partial charge >= 0.3 is 0 Å². The van der Waals surface area contributed by atoms with Crippen LogP contribution in [0.4, 0.5) is 0 Å². The van der Waals surface area contributed by atoms with E-state index in [1.54, 1.807) is 0 Å². The highest BCUT2D eigenvalue weighted by atomic mass is 35.5. The molecule has 0 spiro atoms. The first kappa shape index (κ1) is 13.1. The number of aliphatic hydroxyl groups is 1. The zero-order valence-corrected chi connectivity index (χ0v) is 11.4. The lowest BCUT2D eigenvalue weighted by atomic mass is 10.0. The van der Waals surface area contributed by atoms with E-state index in [-0.39, 0.29) is 0 Å². The Labute approximate surface area is 112 Å². The summed E-state index contributed by atoms with van der Waals surface area (Å²) in [5.41, 5.74) is 3.07. The van der Waals surface area contributed by atoms with Crippen molar-refractivity contribution in [2.24, 2.45) is 7.05 Å². The van der Waals surface area contributed by atoms with Crippen molar-refractivity contribution in [2.45, 2.75) is 25.9 Å². The van der Waals surface area contributed by atoms with E-state index >= 15 is 0 Å². The van der Waals surface area contributed by atoms with Crippen molar-refractivity contribution in [3.05, 3.63) is 52.3 Å². The van der Waals surface area contributed by atoms with Gasteiger partial charge in [0.05, 0.1) is 11.8 Å². The number of aromatic nitrogens is 2. The third-order valence-electron chi connectivity index (χ3n) is 2.90. The smallest absolute Gasteiger partial charge is 0.0635 e. The lowest BCUT2D eigenvalue weighted by Crippen LogP contribution is -2.16. The van der Waals surface area contributed by atoms with Gasteiger partial charge < -0.3 is 5.11 Å². The number of halogens is 1. The molecule has 96 valence electrons. The Hall–Kier alpha value is -1.32. The number of aryl methyl sites for hydroxylation is 2. The summed E-state index contributed by atoms with van der Waals surface area (Å²) in [7, 11) is 1.90. The summed E-state index contributed by atoms with van der Waals surface area (Å²) in [5, 5.41) is 15.1. The van der Waals surface area contributed by atoms with E-state index in [4.69, 9.17) is 11.6 Å². The number of hydrogen-bond donors (Lipinski definition) is 1. The minimum absolute atomic E-state index is 0.418. The zero-order valence-electron chi connectivity index (χ0n) is 10.6. The summed E-state index contributed by atoms with van der Waals surface area (Å²) in [6.07, 6.45) is 0.785. The first-order chi connectivity index (χ1) is 8.54. The molecular weight excluding hydrogens is 248 g/mol. The van der Waals surface area contributed by atoms with Crippen LogP contribution in [0.2, 0.25) is 5.02 Å². The molecule has 4 heteroatoms. The Kier molecular flexibility index (Phi) is 4.04. The molecule has 0 aliphatic rings. The highest BCUT2D eigenvalue weighted by molar-refractivity contribution is 6.30. The Balaban J connectivity index is 2.00. The summed E-state index contributed by atoms with van der Waals surface area (Å²) >= 11 is 5.92. The molecule has 1 heterocycles. The first-order valence-corrected chi connectivity index (χ1v) is 6.34. The summed E-state index contributed by atoms with van der Waals surface area (Å²) in [6.45, 7) is 1.95. The molecule has 2 aromatic rings. The van der Waals surface area contributed by atoms with Crippen LogP contribution >= 0.6 is 11.6 Å². The molecule has 0 fully saturated rings. The van der Waals surface area contributed by atoms with Gasteiger partial charge in [-0.1, -0.05) is 23.7 Å². The van der Waals surface area contributed by atoms with Crippen LogP contribution in [0.25, 0.3) is 0 Å². The summed E-state index contributed by atoms with van der Waals surface area (Å²) in [4.78, 5) is 0. The van der Waals surface area contributed by atoms with Crippen molar-refractivity contribution < 1.29 is 5.11 Å². The van der Waals surface area contributed by atoms with E-state index in [2.05, 4.69) is 5.10 Å².